The third kappa shape index (κ3) is 5.72. The first-order chi connectivity index (χ1) is 8.54. The summed E-state index contributed by atoms with van der Waals surface area (Å²) in [6.45, 7) is 1.57. The average molecular weight is 287 g/mol. The van der Waals surface area contributed by atoms with E-state index in [1.54, 1.807) is 6.92 Å². The smallest absolute Gasteiger partial charge is 0.328 e. The Balaban J connectivity index is 0.00000324. The Labute approximate surface area is 118 Å². The molecule has 6 heteroatoms. The van der Waals surface area contributed by atoms with Gasteiger partial charge < -0.3 is 15.8 Å². The van der Waals surface area contributed by atoms with Crippen LogP contribution in [0.25, 0.3) is 0 Å². The van der Waals surface area contributed by atoms with Gasteiger partial charge in [0.25, 0.3) is 0 Å². The zero-order valence-electron chi connectivity index (χ0n) is 11.0. The van der Waals surface area contributed by atoms with Gasteiger partial charge in [-0.25, -0.2) is 4.79 Å². The van der Waals surface area contributed by atoms with Crippen LogP contribution in [0.15, 0.2) is 30.3 Å². The van der Waals surface area contributed by atoms with Crippen molar-refractivity contribution in [1.29, 1.82) is 0 Å². The molecule has 0 saturated heterocycles. The fourth-order valence-corrected chi connectivity index (χ4v) is 1.55. The van der Waals surface area contributed by atoms with E-state index in [1.807, 2.05) is 30.3 Å². The SMILES string of the molecule is COC(=O)[C@H](C)NC(=O)CC(N)c1ccccc1.Cl. The number of benzene rings is 1. The Hall–Kier alpha value is -1.59. The first kappa shape index (κ1) is 17.4. The normalized spacial score (nSPS) is 12.8. The molecule has 0 heterocycles. The summed E-state index contributed by atoms with van der Waals surface area (Å²) in [7, 11) is 1.28. The van der Waals surface area contributed by atoms with Crippen molar-refractivity contribution in [3.63, 3.8) is 0 Å². The van der Waals surface area contributed by atoms with Crippen LogP contribution in [0.4, 0.5) is 0 Å². The van der Waals surface area contributed by atoms with Crippen LogP contribution in [-0.2, 0) is 14.3 Å². The van der Waals surface area contributed by atoms with Crippen LogP contribution in [0.2, 0.25) is 0 Å². The van der Waals surface area contributed by atoms with E-state index in [4.69, 9.17) is 5.73 Å². The number of hydrogen-bond donors (Lipinski definition) is 2. The monoisotopic (exact) mass is 286 g/mol. The summed E-state index contributed by atoms with van der Waals surface area (Å²) in [6.07, 6.45) is 0.130. The highest BCUT2D eigenvalue weighted by Crippen LogP contribution is 2.12. The zero-order valence-corrected chi connectivity index (χ0v) is 11.8. The van der Waals surface area contributed by atoms with Crippen molar-refractivity contribution >= 4 is 24.3 Å². The molecule has 1 rings (SSSR count). The molecule has 0 aliphatic heterocycles. The topological polar surface area (TPSA) is 81.4 Å². The van der Waals surface area contributed by atoms with Crippen molar-refractivity contribution in [3.05, 3.63) is 35.9 Å². The molecule has 3 N–H and O–H groups in total. The minimum atomic E-state index is -0.662. The van der Waals surface area contributed by atoms with Gasteiger partial charge in [-0.05, 0) is 12.5 Å². The van der Waals surface area contributed by atoms with E-state index in [0.717, 1.165) is 5.56 Å². The van der Waals surface area contributed by atoms with Crippen LogP contribution in [0, 0.1) is 0 Å². The lowest BCUT2D eigenvalue weighted by atomic mass is 10.0. The molecule has 0 spiro atoms. The number of halogens is 1. The highest BCUT2D eigenvalue weighted by molar-refractivity contribution is 5.85. The number of methoxy groups -OCH3 is 1. The van der Waals surface area contributed by atoms with Crippen LogP contribution < -0.4 is 11.1 Å². The molecule has 1 unspecified atom stereocenters. The number of carbonyl (C=O) groups is 2. The standard InChI is InChI=1S/C13H18N2O3.ClH/c1-9(13(17)18-2)15-12(16)8-11(14)10-6-4-3-5-7-10;/h3-7,9,11H,8,14H2,1-2H3,(H,15,16);1H/t9-,11?;/m0./s1. The number of nitrogens with one attached hydrogen (secondary N) is 1. The second-order valence-corrected chi connectivity index (χ2v) is 4.03. The first-order valence-corrected chi connectivity index (χ1v) is 5.72. The van der Waals surface area contributed by atoms with Gasteiger partial charge in [0.05, 0.1) is 7.11 Å². The van der Waals surface area contributed by atoms with Crippen LogP contribution in [0.3, 0.4) is 0 Å². The number of ether oxygens (including phenoxy) is 1. The van der Waals surface area contributed by atoms with E-state index in [2.05, 4.69) is 10.1 Å². The Morgan fingerprint density at radius 3 is 2.42 bits per heavy atom. The van der Waals surface area contributed by atoms with Gasteiger partial charge in [-0.3, -0.25) is 4.79 Å². The molecule has 0 fully saturated rings. The summed E-state index contributed by atoms with van der Waals surface area (Å²) in [5, 5.41) is 2.54. The second-order valence-electron chi connectivity index (χ2n) is 4.03. The van der Waals surface area contributed by atoms with Crippen molar-refractivity contribution in [1.82, 2.24) is 5.32 Å². The van der Waals surface area contributed by atoms with Gasteiger partial charge in [-0.1, -0.05) is 30.3 Å². The van der Waals surface area contributed by atoms with Crippen LogP contribution in [0.5, 0.6) is 0 Å². The summed E-state index contributed by atoms with van der Waals surface area (Å²) >= 11 is 0. The molecule has 0 saturated carbocycles. The summed E-state index contributed by atoms with van der Waals surface area (Å²) in [5.74, 6) is -0.749. The van der Waals surface area contributed by atoms with Gasteiger partial charge in [0.15, 0.2) is 0 Å². The van der Waals surface area contributed by atoms with Crippen molar-refractivity contribution in [2.24, 2.45) is 5.73 Å². The molecule has 1 amide bonds. The number of hydrogen-bond acceptors (Lipinski definition) is 4. The van der Waals surface area contributed by atoms with E-state index < -0.39 is 12.0 Å². The zero-order chi connectivity index (χ0) is 13.5. The van der Waals surface area contributed by atoms with Crippen molar-refractivity contribution in [3.8, 4) is 0 Å². The quantitative estimate of drug-likeness (QED) is 0.796. The van der Waals surface area contributed by atoms with Crippen molar-refractivity contribution in [2.45, 2.75) is 25.4 Å². The minimum Gasteiger partial charge on any atom is -0.467 e. The predicted octanol–water partition coefficient (Wildman–Crippen LogP) is 1.18. The Morgan fingerprint density at radius 1 is 1.32 bits per heavy atom. The molecule has 5 nitrogen and oxygen atoms in total. The number of rotatable bonds is 5. The summed E-state index contributed by atoms with van der Waals surface area (Å²) < 4.78 is 4.52. The van der Waals surface area contributed by atoms with E-state index in [-0.39, 0.29) is 30.8 Å². The molecular weight excluding hydrogens is 268 g/mol. The first-order valence-electron chi connectivity index (χ1n) is 5.72. The third-order valence-electron chi connectivity index (χ3n) is 2.57. The van der Waals surface area contributed by atoms with Gasteiger partial charge in [0.2, 0.25) is 5.91 Å². The molecule has 0 radical (unpaired) electrons. The minimum absolute atomic E-state index is 0. The number of nitrogens with two attached hydrogens (primary N) is 1. The Morgan fingerprint density at radius 2 is 1.89 bits per heavy atom. The summed E-state index contributed by atoms with van der Waals surface area (Å²) in [4.78, 5) is 22.8. The molecule has 2 atom stereocenters. The van der Waals surface area contributed by atoms with Crippen LogP contribution >= 0.6 is 12.4 Å². The fraction of sp³-hybridized carbons (Fsp3) is 0.385. The van der Waals surface area contributed by atoms with E-state index >= 15 is 0 Å². The van der Waals surface area contributed by atoms with Gasteiger partial charge in [-0.2, -0.15) is 0 Å². The van der Waals surface area contributed by atoms with E-state index in [0.29, 0.717) is 0 Å². The van der Waals surface area contributed by atoms with Gasteiger partial charge in [-0.15, -0.1) is 12.4 Å². The molecule has 1 aromatic carbocycles. The van der Waals surface area contributed by atoms with Gasteiger partial charge in [0.1, 0.15) is 6.04 Å². The summed E-state index contributed by atoms with van der Waals surface area (Å²) in [5.41, 5.74) is 6.79. The number of carbonyl (C=O) groups excluding carboxylic acids is 2. The fourth-order valence-electron chi connectivity index (χ4n) is 1.55. The molecule has 0 aromatic heterocycles. The third-order valence-corrected chi connectivity index (χ3v) is 2.57. The maximum absolute atomic E-state index is 11.7. The lowest BCUT2D eigenvalue weighted by Gasteiger charge is -2.15. The van der Waals surface area contributed by atoms with Crippen molar-refractivity contribution in [2.75, 3.05) is 7.11 Å². The molecule has 19 heavy (non-hydrogen) atoms. The van der Waals surface area contributed by atoms with Crippen LogP contribution in [-0.4, -0.2) is 25.0 Å². The number of esters is 1. The largest absolute Gasteiger partial charge is 0.467 e. The lowest BCUT2D eigenvalue weighted by molar-refractivity contribution is -0.144. The molecule has 106 valence electrons. The van der Waals surface area contributed by atoms with Gasteiger partial charge >= 0.3 is 5.97 Å². The average Bonchev–Trinajstić information content (AvgIpc) is 2.38. The molecule has 0 aliphatic rings. The highest BCUT2D eigenvalue weighted by Gasteiger charge is 2.18. The molecule has 1 aromatic rings. The van der Waals surface area contributed by atoms with E-state index in [9.17, 15) is 9.59 Å². The Kier molecular flexibility index (Phi) is 7.79. The maximum atomic E-state index is 11.7. The molecular formula is C13H19ClN2O3. The van der Waals surface area contributed by atoms with E-state index in [1.165, 1.54) is 7.11 Å². The second kappa shape index (κ2) is 8.50. The summed E-state index contributed by atoms with van der Waals surface area (Å²) in [6, 6.07) is 8.30. The predicted molar refractivity (Wildman–Crippen MR) is 74.9 cm³/mol. The Bertz CT molecular complexity index is 412. The number of amides is 1. The lowest BCUT2D eigenvalue weighted by Crippen LogP contribution is -2.40. The highest BCUT2D eigenvalue weighted by atomic mass is 35.5. The maximum Gasteiger partial charge on any atom is 0.328 e. The molecule has 0 bridgehead atoms. The van der Waals surface area contributed by atoms with Crippen LogP contribution in [0.1, 0.15) is 24.9 Å². The van der Waals surface area contributed by atoms with Crippen molar-refractivity contribution < 1.29 is 14.3 Å². The van der Waals surface area contributed by atoms with Gasteiger partial charge in [0, 0.05) is 12.5 Å². The molecule has 0 aliphatic carbocycles.